The highest BCUT2D eigenvalue weighted by atomic mass is 16.4. The Morgan fingerprint density at radius 1 is 1.60 bits per heavy atom. The lowest BCUT2D eigenvalue weighted by atomic mass is 9.90. The number of likely N-dealkylation sites (tertiary alicyclic amines) is 1. The van der Waals surface area contributed by atoms with Crippen molar-refractivity contribution in [1.82, 2.24) is 4.90 Å². The summed E-state index contributed by atoms with van der Waals surface area (Å²) in [6.07, 6.45) is 7.52. The molecule has 1 aliphatic rings. The van der Waals surface area contributed by atoms with Crippen molar-refractivity contribution < 1.29 is 9.90 Å². The zero-order valence-corrected chi connectivity index (χ0v) is 9.70. The fourth-order valence-electron chi connectivity index (χ4n) is 2.48. The molecule has 0 saturated carbocycles. The molecule has 15 heavy (non-hydrogen) atoms. The summed E-state index contributed by atoms with van der Waals surface area (Å²) in [7, 11) is 0. The molecular formula is C12H21NO2. The number of carbonyl (C=O) groups is 1. The molecule has 0 spiro atoms. The van der Waals surface area contributed by atoms with Crippen LogP contribution in [0.1, 0.15) is 39.5 Å². The van der Waals surface area contributed by atoms with Gasteiger partial charge >= 0.3 is 5.97 Å². The largest absolute Gasteiger partial charge is 0.480 e. The molecule has 86 valence electrons. The molecule has 0 bridgehead atoms. The third kappa shape index (κ3) is 2.40. The SMILES string of the molecule is C/C=C/CN1CCCC1(CCC)C(=O)O. The van der Waals surface area contributed by atoms with E-state index in [1.807, 2.05) is 19.1 Å². The third-order valence-electron chi connectivity index (χ3n) is 3.25. The lowest BCUT2D eigenvalue weighted by molar-refractivity contribution is -0.150. The standard InChI is InChI=1S/C12H21NO2/c1-3-5-9-13-10-6-8-12(13,7-4-2)11(14)15/h3,5H,4,6-10H2,1-2H3,(H,14,15)/b5-3+. The Labute approximate surface area is 91.8 Å². The van der Waals surface area contributed by atoms with Crippen molar-refractivity contribution in [2.75, 3.05) is 13.1 Å². The average Bonchev–Trinajstić information content (AvgIpc) is 2.60. The molecule has 1 heterocycles. The van der Waals surface area contributed by atoms with Crippen LogP contribution in [0.25, 0.3) is 0 Å². The van der Waals surface area contributed by atoms with Gasteiger partial charge in [0.05, 0.1) is 0 Å². The van der Waals surface area contributed by atoms with Crippen molar-refractivity contribution in [3.63, 3.8) is 0 Å². The first-order chi connectivity index (χ1) is 7.17. The zero-order valence-electron chi connectivity index (χ0n) is 9.70. The van der Waals surface area contributed by atoms with Crippen molar-refractivity contribution in [3.05, 3.63) is 12.2 Å². The second-order valence-corrected chi connectivity index (χ2v) is 4.21. The average molecular weight is 211 g/mol. The summed E-state index contributed by atoms with van der Waals surface area (Å²) in [5.74, 6) is -0.647. The smallest absolute Gasteiger partial charge is 0.324 e. The summed E-state index contributed by atoms with van der Waals surface area (Å²) >= 11 is 0. The number of allylic oxidation sites excluding steroid dienone is 1. The molecule has 3 nitrogen and oxygen atoms in total. The van der Waals surface area contributed by atoms with Gasteiger partial charge in [-0.1, -0.05) is 25.5 Å². The Morgan fingerprint density at radius 3 is 2.87 bits per heavy atom. The maximum absolute atomic E-state index is 11.4. The van der Waals surface area contributed by atoms with Crippen LogP contribution in [-0.2, 0) is 4.79 Å². The third-order valence-corrected chi connectivity index (χ3v) is 3.25. The highest BCUT2D eigenvalue weighted by Gasteiger charge is 2.46. The normalized spacial score (nSPS) is 27.6. The molecule has 0 radical (unpaired) electrons. The van der Waals surface area contributed by atoms with Gasteiger partial charge in [-0.05, 0) is 32.7 Å². The highest BCUT2D eigenvalue weighted by molar-refractivity contribution is 5.79. The van der Waals surface area contributed by atoms with Gasteiger partial charge in [-0.3, -0.25) is 9.69 Å². The summed E-state index contributed by atoms with van der Waals surface area (Å²) in [4.78, 5) is 13.5. The van der Waals surface area contributed by atoms with Crippen LogP contribution in [0.15, 0.2) is 12.2 Å². The number of hydrogen-bond acceptors (Lipinski definition) is 2. The van der Waals surface area contributed by atoms with E-state index in [0.29, 0.717) is 0 Å². The highest BCUT2D eigenvalue weighted by Crippen LogP contribution is 2.33. The fourth-order valence-corrected chi connectivity index (χ4v) is 2.48. The Bertz CT molecular complexity index is 250. The van der Waals surface area contributed by atoms with Crippen LogP contribution >= 0.6 is 0 Å². The van der Waals surface area contributed by atoms with Crippen molar-refractivity contribution >= 4 is 5.97 Å². The minimum Gasteiger partial charge on any atom is -0.480 e. The number of aliphatic carboxylic acids is 1. The molecule has 0 amide bonds. The van der Waals surface area contributed by atoms with Crippen LogP contribution in [0.4, 0.5) is 0 Å². The van der Waals surface area contributed by atoms with E-state index in [9.17, 15) is 9.90 Å². The van der Waals surface area contributed by atoms with Crippen LogP contribution in [0.3, 0.4) is 0 Å². The van der Waals surface area contributed by atoms with Crippen LogP contribution in [0, 0.1) is 0 Å². The number of carboxylic acids is 1. The van der Waals surface area contributed by atoms with Crippen molar-refractivity contribution in [3.8, 4) is 0 Å². The molecule has 0 aromatic carbocycles. The molecule has 3 heteroatoms. The minimum absolute atomic E-state index is 0.589. The molecule has 1 unspecified atom stereocenters. The van der Waals surface area contributed by atoms with E-state index >= 15 is 0 Å². The van der Waals surface area contributed by atoms with Gasteiger partial charge in [-0.25, -0.2) is 0 Å². The second-order valence-electron chi connectivity index (χ2n) is 4.21. The van der Waals surface area contributed by atoms with Gasteiger partial charge in [0.1, 0.15) is 5.54 Å². The van der Waals surface area contributed by atoms with Crippen molar-refractivity contribution in [2.24, 2.45) is 0 Å². The molecule has 1 saturated heterocycles. The van der Waals surface area contributed by atoms with E-state index in [2.05, 4.69) is 11.8 Å². The van der Waals surface area contributed by atoms with E-state index in [1.54, 1.807) is 0 Å². The molecule has 1 fully saturated rings. The summed E-state index contributed by atoms with van der Waals surface area (Å²) in [5.41, 5.74) is -0.589. The Morgan fingerprint density at radius 2 is 2.33 bits per heavy atom. The lowest BCUT2D eigenvalue weighted by Crippen LogP contribution is -2.50. The first-order valence-corrected chi connectivity index (χ1v) is 5.77. The summed E-state index contributed by atoms with van der Waals surface area (Å²) < 4.78 is 0. The van der Waals surface area contributed by atoms with Gasteiger partial charge in [0.15, 0.2) is 0 Å². The van der Waals surface area contributed by atoms with E-state index in [-0.39, 0.29) is 0 Å². The minimum atomic E-state index is -0.647. The molecular weight excluding hydrogens is 190 g/mol. The van der Waals surface area contributed by atoms with Crippen LogP contribution in [-0.4, -0.2) is 34.6 Å². The van der Waals surface area contributed by atoms with Gasteiger partial charge in [0, 0.05) is 6.54 Å². The summed E-state index contributed by atoms with van der Waals surface area (Å²) in [5, 5.41) is 9.40. The topological polar surface area (TPSA) is 40.5 Å². The number of carboxylic acid groups (broad SMARTS) is 1. The summed E-state index contributed by atoms with van der Waals surface area (Å²) in [6.45, 7) is 5.70. The monoisotopic (exact) mass is 211 g/mol. The zero-order chi connectivity index (χ0) is 11.3. The number of hydrogen-bond donors (Lipinski definition) is 1. The van der Waals surface area contributed by atoms with Gasteiger partial charge in [0.2, 0.25) is 0 Å². The maximum atomic E-state index is 11.4. The van der Waals surface area contributed by atoms with Gasteiger partial charge in [0.25, 0.3) is 0 Å². The van der Waals surface area contributed by atoms with Crippen LogP contribution in [0.5, 0.6) is 0 Å². The number of nitrogens with zero attached hydrogens (tertiary/aromatic N) is 1. The predicted octanol–water partition coefficient (Wildman–Crippen LogP) is 2.28. The quantitative estimate of drug-likeness (QED) is 0.709. The van der Waals surface area contributed by atoms with Crippen LogP contribution < -0.4 is 0 Å². The first kappa shape index (κ1) is 12.2. The molecule has 0 aromatic rings. The molecule has 0 aromatic heterocycles. The van der Waals surface area contributed by atoms with E-state index in [1.165, 1.54) is 0 Å². The molecule has 1 aliphatic heterocycles. The van der Waals surface area contributed by atoms with Crippen molar-refractivity contribution in [2.45, 2.75) is 45.1 Å². The Hall–Kier alpha value is -0.830. The van der Waals surface area contributed by atoms with Crippen molar-refractivity contribution in [1.29, 1.82) is 0 Å². The molecule has 1 N–H and O–H groups in total. The van der Waals surface area contributed by atoms with E-state index in [4.69, 9.17) is 0 Å². The van der Waals surface area contributed by atoms with Gasteiger partial charge in [-0.15, -0.1) is 0 Å². The van der Waals surface area contributed by atoms with E-state index < -0.39 is 11.5 Å². The summed E-state index contributed by atoms with van der Waals surface area (Å²) in [6, 6.07) is 0. The van der Waals surface area contributed by atoms with Gasteiger partial charge < -0.3 is 5.11 Å². The molecule has 1 rings (SSSR count). The van der Waals surface area contributed by atoms with Crippen LogP contribution in [0.2, 0.25) is 0 Å². The second kappa shape index (κ2) is 5.31. The first-order valence-electron chi connectivity index (χ1n) is 5.77. The molecule has 1 atom stereocenters. The maximum Gasteiger partial charge on any atom is 0.324 e. The Kier molecular flexibility index (Phi) is 4.33. The number of rotatable bonds is 5. The predicted molar refractivity (Wildman–Crippen MR) is 60.9 cm³/mol. The fraction of sp³-hybridized carbons (Fsp3) is 0.750. The molecule has 0 aliphatic carbocycles. The Balaban J connectivity index is 2.79. The lowest BCUT2D eigenvalue weighted by Gasteiger charge is -2.33. The van der Waals surface area contributed by atoms with E-state index in [0.717, 1.165) is 38.8 Å². The van der Waals surface area contributed by atoms with Gasteiger partial charge in [-0.2, -0.15) is 0 Å².